The second kappa shape index (κ2) is 6.77. The van der Waals surface area contributed by atoms with Crippen LogP contribution < -0.4 is 5.32 Å². The van der Waals surface area contributed by atoms with Crippen LogP contribution in [-0.2, 0) is 4.79 Å². The molecule has 1 atom stereocenters. The Morgan fingerprint density at radius 1 is 1.41 bits per heavy atom. The number of nitrogens with one attached hydrogen (secondary N) is 1. The third kappa shape index (κ3) is 4.48. The quantitative estimate of drug-likeness (QED) is 0.906. The van der Waals surface area contributed by atoms with E-state index in [1.165, 1.54) is 5.56 Å². The molecule has 1 aromatic carbocycles. The van der Waals surface area contributed by atoms with Crippen LogP contribution >= 0.6 is 15.9 Å². The second-order valence-electron chi connectivity index (χ2n) is 4.24. The highest BCUT2D eigenvalue weighted by atomic mass is 79.9. The van der Waals surface area contributed by atoms with Gasteiger partial charge in [0.1, 0.15) is 0 Å². The third-order valence-electron chi connectivity index (χ3n) is 2.66. The average Bonchev–Trinajstić information content (AvgIpc) is 2.29. The number of benzene rings is 1. The Morgan fingerprint density at radius 3 is 2.65 bits per heavy atom. The summed E-state index contributed by atoms with van der Waals surface area (Å²) in [6, 6.07) is 8.35. The minimum absolute atomic E-state index is 0.150. The summed E-state index contributed by atoms with van der Waals surface area (Å²) in [6.45, 7) is 2.79. The lowest BCUT2D eigenvalue weighted by Gasteiger charge is -2.16. The van der Waals surface area contributed by atoms with Crippen LogP contribution in [0.25, 0.3) is 0 Å². The van der Waals surface area contributed by atoms with Crippen molar-refractivity contribution < 1.29 is 4.79 Å². The number of hydrogen-bond acceptors (Lipinski definition) is 2. The molecule has 0 spiro atoms. The molecule has 1 aromatic rings. The van der Waals surface area contributed by atoms with Crippen LogP contribution in [0.1, 0.15) is 24.9 Å². The zero-order valence-electron chi connectivity index (χ0n) is 10.5. The van der Waals surface area contributed by atoms with E-state index >= 15 is 0 Å². The van der Waals surface area contributed by atoms with Crippen LogP contribution in [0.15, 0.2) is 28.7 Å². The maximum Gasteiger partial charge on any atom is 0.223 e. The zero-order chi connectivity index (χ0) is 12.8. The van der Waals surface area contributed by atoms with Crippen molar-refractivity contribution in [1.29, 1.82) is 0 Å². The fraction of sp³-hybridized carbons (Fsp3) is 0.462. The first kappa shape index (κ1) is 14.2. The summed E-state index contributed by atoms with van der Waals surface area (Å²) in [7, 11) is 3.55. The van der Waals surface area contributed by atoms with Crippen molar-refractivity contribution in [2.45, 2.75) is 19.4 Å². The Bertz CT molecular complexity index is 379. The number of carbonyl (C=O) groups excluding carboxylic acids is 1. The highest BCUT2D eigenvalue weighted by molar-refractivity contribution is 9.10. The predicted octanol–water partition coefficient (Wildman–Crippen LogP) is 2.58. The molecule has 0 saturated heterocycles. The molecule has 0 saturated carbocycles. The maximum absolute atomic E-state index is 11.4. The molecule has 0 radical (unpaired) electrons. The van der Waals surface area contributed by atoms with E-state index in [1.54, 1.807) is 19.0 Å². The first-order valence-electron chi connectivity index (χ1n) is 5.70. The van der Waals surface area contributed by atoms with Gasteiger partial charge in [-0.25, -0.2) is 0 Å². The molecule has 1 rings (SSSR count). The first-order chi connectivity index (χ1) is 8.02. The Labute approximate surface area is 111 Å². The van der Waals surface area contributed by atoms with Gasteiger partial charge >= 0.3 is 0 Å². The molecule has 1 N–H and O–H groups in total. The van der Waals surface area contributed by atoms with Crippen LogP contribution in [0.4, 0.5) is 0 Å². The number of rotatable bonds is 5. The number of hydrogen-bond donors (Lipinski definition) is 1. The van der Waals surface area contributed by atoms with Gasteiger partial charge in [-0.2, -0.15) is 0 Å². The fourth-order valence-electron chi connectivity index (χ4n) is 1.56. The first-order valence-corrected chi connectivity index (χ1v) is 6.49. The lowest BCUT2D eigenvalue weighted by Crippen LogP contribution is -2.28. The monoisotopic (exact) mass is 298 g/mol. The van der Waals surface area contributed by atoms with Crippen molar-refractivity contribution in [3.8, 4) is 0 Å². The normalized spacial score (nSPS) is 12.2. The van der Waals surface area contributed by atoms with Crippen molar-refractivity contribution in [1.82, 2.24) is 10.2 Å². The zero-order valence-corrected chi connectivity index (χ0v) is 12.1. The number of carbonyl (C=O) groups is 1. The SMILES string of the molecule is CC(NCCC(=O)N(C)C)c1ccccc1Br. The number of halogens is 1. The third-order valence-corrected chi connectivity index (χ3v) is 3.38. The summed E-state index contributed by atoms with van der Waals surface area (Å²) in [5.41, 5.74) is 1.21. The second-order valence-corrected chi connectivity index (χ2v) is 5.09. The van der Waals surface area contributed by atoms with E-state index in [2.05, 4.69) is 34.2 Å². The average molecular weight is 299 g/mol. The molecule has 0 aromatic heterocycles. The van der Waals surface area contributed by atoms with E-state index in [4.69, 9.17) is 0 Å². The molecule has 17 heavy (non-hydrogen) atoms. The molecule has 4 heteroatoms. The van der Waals surface area contributed by atoms with Crippen LogP contribution in [-0.4, -0.2) is 31.4 Å². The van der Waals surface area contributed by atoms with Gasteiger partial charge in [-0.1, -0.05) is 34.1 Å². The lowest BCUT2D eigenvalue weighted by molar-refractivity contribution is -0.128. The van der Waals surface area contributed by atoms with Crippen LogP contribution in [0, 0.1) is 0 Å². The Hall–Kier alpha value is -0.870. The van der Waals surface area contributed by atoms with Gasteiger partial charge in [-0.05, 0) is 18.6 Å². The molecule has 0 bridgehead atoms. The van der Waals surface area contributed by atoms with Crippen molar-refractivity contribution in [2.24, 2.45) is 0 Å². The minimum atomic E-state index is 0.150. The number of amides is 1. The van der Waals surface area contributed by atoms with Crippen LogP contribution in [0.3, 0.4) is 0 Å². The molecule has 94 valence electrons. The summed E-state index contributed by atoms with van der Waals surface area (Å²) < 4.78 is 1.10. The van der Waals surface area contributed by atoms with E-state index in [9.17, 15) is 4.79 Å². The Balaban J connectivity index is 2.43. The van der Waals surface area contributed by atoms with Gasteiger partial charge < -0.3 is 10.2 Å². The van der Waals surface area contributed by atoms with Crippen molar-refractivity contribution in [2.75, 3.05) is 20.6 Å². The smallest absolute Gasteiger partial charge is 0.223 e. The van der Waals surface area contributed by atoms with Gasteiger partial charge in [-0.3, -0.25) is 4.79 Å². The van der Waals surface area contributed by atoms with Crippen molar-refractivity contribution >= 4 is 21.8 Å². The van der Waals surface area contributed by atoms with Gasteiger partial charge in [-0.15, -0.1) is 0 Å². The van der Waals surface area contributed by atoms with E-state index in [0.29, 0.717) is 13.0 Å². The van der Waals surface area contributed by atoms with Gasteiger partial charge in [0.2, 0.25) is 5.91 Å². The molecule has 0 fully saturated rings. The largest absolute Gasteiger partial charge is 0.349 e. The van der Waals surface area contributed by atoms with Gasteiger partial charge in [0.25, 0.3) is 0 Å². The molecule has 1 unspecified atom stereocenters. The minimum Gasteiger partial charge on any atom is -0.349 e. The molecular weight excluding hydrogens is 280 g/mol. The topological polar surface area (TPSA) is 32.3 Å². The molecule has 0 aliphatic heterocycles. The molecule has 1 amide bonds. The fourth-order valence-corrected chi connectivity index (χ4v) is 2.18. The maximum atomic E-state index is 11.4. The van der Waals surface area contributed by atoms with E-state index < -0.39 is 0 Å². The van der Waals surface area contributed by atoms with Crippen molar-refractivity contribution in [3.05, 3.63) is 34.3 Å². The molecule has 0 aliphatic carbocycles. The summed E-state index contributed by atoms with van der Waals surface area (Å²) in [5, 5.41) is 3.35. The number of nitrogens with zero attached hydrogens (tertiary/aromatic N) is 1. The standard InChI is InChI=1S/C13H19BrN2O/c1-10(11-6-4-5-7-12(11)14)15-9-8-13(17)16(2)3/h4-7,10,15H,8-9H2,1-3H3. The van der Waals surface area contributed by atoms with Crippen LogP contribution in [0.2, 0.25) is 0 Å². The van der Waals surface area contributed by atoms with E-state index in [0.717, 1.165) is 4.47 Å². The molecule has 0 heterocycles. The summed E-state index contributed by atoms with van der Waals surface area (Å²) in [5.74, 6) is 0.150. The molecule has 0 aliphatic rings. The Kier molecular flexibility index (Phi) is 5.65. The predicted molar refractivity (Wildman–Crippen MR) is 73.9 cm³/mol. The van der Waals surface area contributed by atoms with Crippen LogP contribution in [0.5, 0.6) is 0 Å². The highest BCUT2D eigenvalue weighted by Gasteiger charge is 2.09. The highest BCUT2D eigenvalue weighted by Crippen LogP contribution is 2.22. The summed E-state index contributed by atoms with van der Waals surface area (Å²) in [6.07, 6.45) is 0.530. The van der Waals surface area contributed by atoms with Gasteiger partial charge in [0.15, 0.2) is 0 Å². The lowest BCUT2D eigenvalue weighted by atomic mass is 10.1. The van der Waals surface area contributed by atoms with Gasteiger partial charge in [0.05, 0.1) is 0 Å². The Morgan fingerprint density at radius 2 is 2.06 bits per heavy atom. The van der Waals surface area contributed by atoms with E-state index in [1.807, 2.05) is 18.2 Å². The van der Waals surface area contributed by atoms with E-state index in [-0.39, 0.29) is 11.9 Å². The summed E-state index contributed by atoms with van der Waals surface area (Å²) in [4.78, 5) is 13.0. The summed E-state index contributed by atoms with van der Waals surface area (Å²) >= 11 is 3.53. The molecule has 3 nitrogen and oxygen atoms in total. The molecular formula is C13H19BrN2O. The van der Waals surface area contributed by atoms with Crippen molar-refractivity contribution in [3.63, 3.8) is 0 Å². The van der Waals surface area contributed by atoms with Gasteiger partial charge in [0, 0.05) is 37.6 Å².